The third-order valence-electron chi connectivity index (χ3n) is 4.69. The van der Waals surface area contributed by atoms with Crippen molar-refractivity contribution in [3.05, 3.63) is 76.6 Å². The number of rotatable bonds is 10. The number of nitrogens with zero attached hydrogens (tertiary/aromatic N) is 2. The monoisotopic (exact) mass is 502 g/mol. The summed E-state index contributed by atoms with van der Waals surface area (Å²) in [5, 5.41) is 16.2. The van der Waals surface area contributed by atoms with Crippen molar-refractivity contribution in [2.24, 2.45) is 0 Å². The van der Waals surface area contributed by atoms with Crippen LogP contribution >= 0.6 is 23.4 Å². The van der Waals surface area contributed by atoms with Crippen LogP contribution in [0.25, 0.3) is 0 Å². The molecule has 0 fully saturated rings. The second-order valence-electron chi connectivity index (χ2n) is 7.09. The SMILES string of the molecule is COC(=O)c1ccc(NC(=O)CSc2ncc(CO)n2CC(=O)NCc2ccc(Cl)cc2)cc1. The molecular formula is C23H23ClN4O5S. The molecule has 0 saturated heterocycles. The van der Waals surface area contributed by atoms with Crippen molar-refractivity contribution in [3.8, 4) is 0 Å². The number of aromatic nitrogens is 2. The Morgan fingerprint density at radius 3 is 2.44 bits per heavy atom. The first kappa shape index (κ1) is 25.3. The fraction of sp³-hybridized carbons (Fsp3) is 0.217. The average molecular weight is 503 g/mol. The molecule has 0 saturated carbocycles. The number of hydrogen-bond acceptors (Lipinski definition) is 7. The zero-order valence-corrected chi connectivity index (χ0v) is 19.9. The van der Waals surface area contributed by atoms with Gasteiger partial charge in [-0.1, -0.05) is 35.5 Å². The van der Waals surface area contributed by atoms with Crippen LogP contribution in [0.3, 0.4) is 0 Å². The Kier molecular flexibility index (Phi) is 9.08. The van der Waals surface area contributed by atoms with Gasteiger partial charge in [0.25, 0.3) is 0 Å². The molecule has 0 spiro atoms. The van der Waals surface area contributed by atoms with Crippen LogP contribution in [-0.4, -0.2) is 45.3 Å². The number of thioether (sulfide) groups is 1. The van der Waals surface area contributed by atoms with E-state index in [4.69, 9.17) is 11.6 Å². The molecule has 9 nitrogen and oxygen atoms in total. The molecule has 3 rings (SSSR count). The Balaban J connectivity index is 1.55. The largest absolute Gasteiger partial charge is 0.465 e. The molecule has 0 unspecified atom stereocenters. The van der Waals surface area contributed by atoms with Crippen molar-refractivity contribution in [1.29, 1.82) is 0 Å². The molecule has 1 heterocycles. The standard InChI is InChI=1S/C23H23ClN4O5S/c1-33-22(32)16-4-8-18(9-5-16)27-21(31)14-34-23-26-11-19(13-29)28(23)12-20(30)25-10-15-2-6-17(24)7-3-15/h2-9,11,29H,10,12-14H2,1H3,(H,25,30)(H,27,31). The summed E-state index contributed by atoms with van der Waals surface area (Å²) in [5.41, 5.74) is 2.27. The number of carbonyl (C=O) groups is 3. The van der Waals surface area contributed by atoms with Gasteiger partial charge in [0.15, 0.2) is 5.16 Å². The fourth-order valence-corrected chi connectivity index (χ4v) is 3.86. The molecule has 0 aliphatic rings. The van der Waals surface area contributed by atoms with E-state index in [9.17, 15) is 19.5 Å². The maximum Gasteiger partial charge on any atom is 0.337 e. The quantitative estimate of drug-likeness (QED) is 0.288. The second-order valence-corrected chi connectivity index (χ2v) is 8.46. The van der Waals surface area contributed by atoms with Crippen LogP contribution in [-0.2, 0) is 34.0 Å². The number of imidazole rings is 1. The van der Waals surface area contributed by atoms with Gasteiger partial charge in [-0.25, -0.2) is 9.78 Å². The Hall–Kier alpha value is -3.34. The Bertz CT molecular complexity index is 1150. The highest BCUT2D eigenvalue weighted by Crippen LogP contribution is 2.20. The van der Waals surface area contributed by atoms with Gasteiger partial charge in [0.05, 0.1) is 36.9 Å². The molecule has 11 heteroatoms. The number of hydrogen-bond donors (Lipinski definition) is 3. The van der Waals surface area contributed by atoms with E-state index in [-0.39, 0.29) is 30.7 Å². The van der Waals surface area contributed by atoms with Gasteiger partial charge in [0.1, 0.15) is 6.54 Å². The van der Waals surface area contributed by atoms with Gasteiger partial charge in [-0.2, -0.15) is 0 Å². The highest BCUT2D eigenvalue weighted by Gasteiger charge is 2.15. The van der Waals surface area contributed by atoms with Crippen LogP contribution in [0.2, 0.25) is 5.02 Å². The lowest BCUT2D eigenvalue weighted by molar-refractivity contribution is -0.122. The molecule has 0 atom stereocenters. The summed E-state index contributed by atoms with van der Waals surface area (Å²) < 4.78 is 6.22. The predicted molar refractivity (Wildman–Crippen MR) is 129 cm³/mol. The molecule has 1 aromatic heterocycles. The van der Waals surface area contributed by atoms with Crippen LogP contribution in [0.5, 0.6) is 0 Å². The highest BCUT2D eigenvalue weighted by atomic mass is 35.5. The molecule has 2 aromatic carbocycles. The Morgan fingerprint density at radius 1 is 1.09 bits per heavy atom. The number of methoxy groups -OCH3 is 1. The topological polar surface area (TPSA) is 123 Å². The molecule has 0 radical (unpaired) electrons. The van der Waals surface area contributed by atoms with E-state index in [1.54, 1.807) is 41.0 Å². The first-order valence-electron chi connectivity index (χ1n) is 10.2. The molecule has 2 amide bonds. The van der Waals surface area contributed by atoms with Crippen molar-refractivity contribution in [3.63, 3.8) is 0 Å². The minimum Gasteiger partial charge on any atom is -0.465 e. The van der Waals surface area contributed by atoms with Crippen LogP contribution < -0.4 is 10.6 Å². The van der Waals surface area contributed by atoms with Gasteiger partial charge in [-0.05, 0) is 42.0 Å². The number of aliphatic hydroxyl groups excluding tert-OH is 1. The molecule has 178 valence electrons. The van der Waals surface area contributed by atoms with Gasteiger partial charge < -0.3 is 25.0 Å². The minimum atomic E-state index is -0.461. The van der Waals surface area contributed by atoms with Crippen molar-refractivity contribution in [1.82, 2.24) is 14.9 Å². The highest BCUT2D eigenvalue weighted by molar-refractivity contribution is 7.99. The third-order valence-corrected chi connectivity index (χ3v) is 5.93. The zero-order valence-electron chi connectivity index (χ0n) is 18.3. The first-order chi connectivity index (χ1) is 16.4. The van der Waals surface area contributed by atoms with Gasteiger partial charge in [-0.15, -0.1) is 0 Å². The van der Waals surface area contributed by atoms with Crippen molar-refractivity contribution < 1.29 is 24.2 Å². The predicted octanol–water partition coefficient (Wildman–Crippen LogP) is 2.86. The molecule has 0 aliphatic carbocycles. The molecule has 34 heavy (non-hydrogen) atoms. The third kappa shape index (κ3) is 7.08. The lowest BCUT2D eigenvalue weighted by Crippen LogP contribution is -2.28. The summed E-state index contributed by atoms with van der Waals surface area (Å²) in [6.07, 6.45) is 1.47. The number of amides is 2. The average Bonchev–Trinajstić information content (AvgIpc) is 3.23. The lowest BCUT2D eigenvalue weighted by atomic mass is 10.2. The van der Waals surface area contributed by atoms with Gasteiger partial charge >= 0.3 is 5.97 Å². The number of benzene rings is 2. The van der Waals surface area contributed by atoms with Gasteiger partial charge in [0, 0.05) is 17.3 Å². The number of nitrogens with one attached hydrogen (secondary N) is 2. The van der Waals surface area contributed by atoms with E-state index in [2.05, 4.69) is 20.4 Å². The molecule has 0 bridgehead atoms. The van der Waals surface area contributed by atoms with Gasteiger partial charge in [-0.3, -0.25) is 9.59 Å². The van der Waals surface area contributed by atoms with E-state index in [0.29, 0.717) is 33.7 Å². The second kappa shape index (κ2) is 12.2. The van der Waals surface area contributed by atoms with Crippen LogP contribution in [0.4, 0.5) is 5.69 Å². The van der Waals surface area contributed by atoms with E-state index < -0.39 is 5.97 Å². The minimum absolute atomic E-state index is 0.0348. The molecule has 3 N–H and O–H groups in total. The molecule has 3 aromatic rings. The van der Waals surface area contributed by atoms with E-state index in [0.717, 1.165) is 17.3 Å². The smallest absolute Gasteiger partial charge is 0.337 e. The Labute approximate surface area is 205 Å². The number of ether oxygens (including phenoxy) is 1. The lowest BCUT2D eigenvalue weighted by Gasteiger charge is -2.11. The van der Waals surface area contributed by atoms with E-state index >= 15 is 0 Å². The van der Waals surface area contributed by atoms with Crippen LogP contribution in [0, 0.1) is 0 Å². The summed E-state index contributed by atoms with van der Waals surface area (Å²) in [4.78, 5) is 40.5. The fourth-order valence-electron chi connectivity index (χ4n) is 2.94. The summed E-state index contributed by atoms with van der Waals surface area (Å²) in [7, 11) is 1.30. The van der Waals surface area contributed by atoms with Crippen LogP contribution in [0.1, 0.15) is 21.6 Å². The summed E-state index contributed by atoms with van der Waals surface area (Å²) in [6, 6.07) is 13.4. The zero-order chi connectivity index (χ0) is 24.5. The van der Waals surface area contributed by atoms with Crippen molar-refractivity contribution in [2.45, 2.75) is 24.9 Å². The summed E-state index contributed by atoms with van der Waals surface area (Å²) in [5.74, 6) is -0.979. The number of anilines is 1. The number of halogens is 1. The van der Waals surface area contributed by atoms with Crippen molar-refractivity contribution >= 4 is 46.8 Å². The molecule has 0 aliphatic heterocycles. The molecular weight excluding hydrogens is 480 g/mol. The van der Waals surface area contributed by atoms with E-state index in [1.165, 1.54) is 13.3 Å². The van der Waals surface area contributed by atoms with Crippen LogP contribution in [0.15, 0.2) is 59.9 Å². The summed E-state index contributed by atoms with van der Waals surface area (Å²) in [6.45, 7) is -0.0159. The first-order valence-corrected chi connectivity index (χ1v) is 11.5. The maximum atomic E-state index is 12.5. The van der Waals surface area contributed by atoms with Crippen molar-refractivity contribution in [2.75, 3.05) is 18.2 Å². The normalized spacial score (nSPS) is 10.6. The summed E-state index contributed by atoms with van der Waals surface area (Å²) >= 11 is 7.01. The number of aliphatic hydroxyl groups is 1. The number of esters is 1. The van der Waals surface area contributed by atoms with Gasteiger partial charge in [0.2, 0.25) is 11.8 Å². The van der Waals surface area contributed by atoms with E-state index in [1.807, 2.05) is 12.1 Å². The maximum absolute atomic E-state index is 12.5. The Morgan fingerprint density at radius 2 is 1.79 bits per heavy atom. The number of carbonyl (C=O) groups excluding carboxylic acids is 3.